The monoisotopic (exact) mass is 424 g/mol. The number of imidazole rings is 1. The van der Waals surface area contributed by atoms with Crippen molar-refractivity contribution < 1.29 is 17.9 Å². The number of Topliss-reactive ketones (excluding diaryl/α,β-unsaturated/α-hetero) is 1. The van der Waals surface area contributed by atoms with Crippen molar-refractivity contribution in [2.45, 2.75) is 10.8 Å². The number of fused-ring (bicyclic) bond motifs is 1. The van der Waals surface area contributed by atoms with Crippen molar-refractivity contribution in [3.05, 3.63) is 59.9 Å². The van der Waals surface area contributed by atoms with Gasteiger partial charge in [-0.15, -0.1) is 0 Å². The van der Waals surface area contributed by atoms with Gasteiger partial charge in [0.05, 0.1) is 35.2 Å². The Labute approximate surface area is 174 Å². The second kappa shape index (κ2) is 7.99. The first-order valence-electron chi connectivity index (χ1n) is 9.46. The van der Waals surface area contributed by atoms with Crippen LogP contribution in [0.1, 0.15) is 22.1 Å². The zero-order chi connectivity index (χ0) is 21.3. The molecule has 0 bridgehead atoms. The van der Waals surface area contributed by atoms with Crippen molar-refractivity contribution in [1.29, 1.82) is 5.26 Å². The lowest BCUT2D eigenvalue weighted by Crippen LogP contribution is -2.40. The van der Waals surface area contributed by atoms with Crippen LogP contribution in [0.2, 0.25) is 0 Å². The highest BCUT2D eigenvalue weighted by molar-refractivity contribution is 7.89. The summed E-state index contributed by atoms with van der Waals surface area (Å²) < 4.78 is 33.8. The molecule has 9 heteroatoms. The van der Waals surface area contributed by atoms with Gasteiger partial charge in [-0.05, 0) is 24.3 Å². The summed E-state index contributed by atoms with van der Waals surface area (Å²) in [5.74, 6) is -1.16. The maximum Gasteiger partial charge on any atom is 0.243 e. The van der Waals surface area contributed by atoms with Gasteiger partial charge in [-0.2, -0.15) is 9.57 Å². The Morgan fingerprint density at radius 2 is 1.80 bits per heavy atom. The van der Waals surface area contributed by atoms with Gasteiger partial charge in [0, 0.05) is 25.7 Å². The lowest BCUT2D eigenvalue weighted by molar-refractivity contribution is 0.0730. The predicted octanol–water partition coefficient (Wildman–Crippen LogP) is 2.08. The number of para-hydroxylation sites is 2. The molecule has 8 nitrogen and oxygen atoms in total. The first kappa shape index (κ1) is 20.2. The highest BCUT2D eigenvalue weighted by Crippen LogP contribution is 2.25. The number of aromatic nitrogens is 2. The molecule has 154 valence electrons. The fraction of sp³-hybridized carbons (Fsp3) is 0.286. The number of ether oxygens (including phenoxy) is 1. The molecule has 1 unspecified atom stereocenters. The lowest BCUT2D eigenvalue weighted by atomic mass is 9.98. The van der Waals surface area contributed by atoms with Crippen molar-refractivity contribution in [3.8, 4) is 6.07 Å². The van der Waals surface area contributed by atoms with Crippen LogP contribution in [-0.2, 0) is 21.8 Å². The topological polar surface area (TPSA) is 105 Å². The summed E-state index contributed by atoms with van der Waals surface area (Å²) in [6.07, 6.45) is 0. The maximum atomic E-state index is 13.0. The molecular formula is C21H20N4O4S. The number of carbonyl (C=O) groups is 1. The van der Waals surface area contributed by atoms with E-state index < -0.39 is 21.7 Å². The average molecular weight is 424 g/mol. The number of hydrogen-bond acceptors (Lipinski definition) is 6. The van der Waals surface area contributed by atoms with Crippen LogP contribution in [-0.4, -0.2) is 54.4 Å². The molecule has 4 rings (SSSR count). The van der Waals surface area contributed by atoms with E-state index in [0.29, 0.717) is 37.6 Å². The van der Waals surface area contributed by atoms with Crippen LogP contribution in [0.25, 0.3) is 11.0 Å². The number of nitriles is 1. The summed E-state index contributed by atoms with van der Waals surface area (Å²) in [6, 6.07) is 15.1. The highest BCUT2D eigenvalue weighted by Gasteiger charge is 2.29. The van der Waals surface area contributed by atoms with Gasteiger partial charge in [-0.1, -0.05) is 24.3 Å². The summed E-state index contributed by atoms with van der Waals surface area (Å²) in [4.78, 5) is 17.6. The molecule has 1 atom stereocenters. The van der Waals surface area contributed by atoms with Gasteiger partial charge in [0.15, 0.2) is 11.7 Å². The molecule has 0 spiro atoms. The largest absolute Gasteiger partial charge is 0.379 e. The second-order valence-corrected chi connectivity index (χ2v) is 8.92. The molecule has 2 aromatic carbocycles. The third-order valence-corrected chi connectivity index (χ3v) is 7.13. The van der Waals surface area contributed by atoms with E-state index in [0.717, 1.165) is 5.52 Å². The average Bonchev–Trinajstić information content (AvgIpc) is 3.11. The Bertz CT molecular complexity index is 1240. The van der Waals surface area contributed by atoms with Crippen molar-refractivity contribution in [3.63, 3.8) is 0 Å². The standard InChI is InChI=1S/C21H20N4O4S/c1-24-19-5-3-2-4-18(19)23-21(24)17(14-22)20(26)15-6-8-16(9-7-15)30(27,28)25-10-12-29-13-11-25/h2-9,17H,10-13H2,1H3. The van der Waals surface area contributed by atoms with Gasteiger partial charge in [0.2, 0.25) is 10.0 Å². The number of nitrogens with zero attached hydrogens (tertiary/aromatic N) is 4. The quantitative estimate of drug-likeness (QED) is 0.581. The van der Waals surface area contributed by atoms with E-state index in [9.17, 15) is 18.5 Å². The normalized spacial score (nSPS) is 16.3. The van der Waals surface area contributed by atoms with Crippen LogP contribution in [0.4, 0.5) is 0 Å². The summed E-state index contributed by atoms with van der Waals surface area (Å²) in [5, 5.41) is 9.68. The minimum absolute atomic E-state index is 0.109. The number of sulfonamides is 1. The van der Waals surface area contributed by atoms with Crippen molar-refractivity contribution in [2.75, 3.05) is 26.3 Å². The van der Waals surface area contributed by atoms with E-state index in [2.05, 4.69) is 4.98 Å². The van der Waals surface area contributed by atoms with E-state index in [1.54, 1.807) is 11.6 Å². The van der Waals surface area contributed by atoms with Gasteiger partial charge < -0.3 is 9.30 Å². The van der Waals surface area contributed by atoms with E-state index in [4.69, 9.17) is 4.74 Å². The molecule has 1 saturated heterocycles. The fourth-order valence-electron chi connectivity index (χ4n) is 3.55. The number of hydrogen-bond donors (Lipinski definition) is 0. The predicted molar refractivity (Wildman–Crippen MR) is 109 cm³/mol. The number of rotatable bonds is 5. The molecule has 0 N–H and O–H groups in total. The summed E-state index contributed by atoms with van der Waals surface area (Å²) >= 11 is 0. The number of ketones is 1. The van der Waals surface area contributed by atoms with Crippen LogP contribution in [0.15, 0.2) is 53.4 Å². The van der Waals surface area contributed by atoms with Gasteiger partial charge in [-0.25, -0.2) is 13.4 Å². The number of carbonyl (C=O) groups excluding carboxylic acids is 1. The third kappa shape index (κ3) is 3.50. The van der Waals surface area contributed by atoms with Gasteiger partial charge in [-0.3, -0.25) is 4.79 Å². The third-order valence-electron chi connectivity index (χ3n) is 5.22. The van der Waals surface area contributed by atoms with Gasteiger partial charge in [0.1, 0.15) is 5.82 Å². The SMILES string of the molecule is Cn1c(C(C#N)C(=O)c2ccc(S(=O)(=O)N3CCOCC3)cc2)nc2ccccc21. The van der Waals surface area contributed by atoms with E-state index in [1.165, 1.54) is 28.6 Å². The molecule has 3 aromatic rings. The summed E-state index contributed by atoms with van der Waals surface area (Å²) in [7, 11) is -1.88. The molecule has 1 aliphatic rings. The molecular weight excluding hydrogens is 404 g/mol. The Morgan fingerprint density at radius 1 is 1.13 bits per heavy atom. The smallest absolute Gasteiger partial charge is 0.243 e. The molecule has 1 aromatic heterocycles. The molecule has 0 aliphatic carbocycles. The number of benzene rings is 2. The fourth-order valence-corrected chi connectivity index (χ4v) is 4.96. The first-order valence-corrected chi connectivity index (χ1v) is 10.9. The molecule has 0 radical (unpaired) electrons. The van der Waals surface area contributed by atoms with E-state index >= 15 is 0 Å². The van der Waals surface area contributed by atoms with E-state index in [1.807, 2.05) is 30.3 Å². The zero-order valence-electron chi connectivity index (χ0n) is 16.4. The van der Waals surface area contributed by atoms with Crippen molar-refractivity contribution in [1.82, 2.24) is 13.9 Å². The van der Waals surface area contributed by atoms with Crippen LogP contribution >= 0.6 is 0 Å². The summed E-state index contributed by atoms with van der Waals surface area (Å²) in [6.45, 7) is 1.31. The van der Waals surface area contributed by atoms with Gasteiger partial charge in [0.25, 0.3) is 0 Å². The van der Waals surface area contributed by atoms with E-state index in [-0.39, 0.29) is 10.5 Å². The van der Waals surface area contributed by atoms with Crippen LogP contribution in [0, 0.1) is 11.3 Å². The van der Waals surface area contributed by atoms with Crippen LogP contribution < -0.4 is 0 Å². The van der Waals surface area contributed by atoms with Crippen molar-refractivity contribution in [2.24, 2.45) is 7.05 Å². The molecule has 0 saturated carbocycles. The Kier molecular flexibility index (Phi) is 5.39. The Balaban J connectivity index is 1.62. The Hall–Kier alpha value is -3.06. The van der Waals surface area contributed by atoms with Gasteiger partial charge >= 0.3 is 0 Å². The Morgan fingerprint density at radius 3 is 2.43 bits per heavy atom. The second-order valence-electron chi connectivity index (χ2n) is 6.98. The molecule has 1 fully saturated rings. The van der Waals surface area contributed by atoms with Crippen LogP contribution in [0.5, 0.6) is 0 Å². The minimum Gasteiger partial charge on any atom is -0.379 e. The number of morpholine rings is 1. The zero-order valence-corrected chi connectivity index (χ0v) is 17.2. The molecule has 0 amide bonds. The van der Waals surface area contributed by atoms with Crippen LogP contribution in [0.3, 0.4) is 0 Å². The number of aryl methyl sites for hydroxylation is 1. The summed E-state index contributed by atoms with van der Waals surface area (Å²) in [5.41, 5.74) is 1.79. The molecule has 30 heavy (non-hydrogen) atoms. The highest BCUT2D eigenvalue weighted by atomic mass is 32.2. The minimum atomic E-state index is -3.65. The van der Waals surface area contributed by atoms with Crippen molar-refractivity contribution >= 4 is 26.8 Å². The molecule has 2 heterocycles. The maximum absolute atomic E-state index is 13.0. The lowest BCUT2D eigenvalue weighted by Gasteiger charge is -2.26. The molecule has 1 aliphatic heterocycles. The first-order chi connectivity index (χ1) is 14.4.